The molecule has 3 amide bonds. The van der Waals surface area contributed by atoms with E-state index in [9.17, 15) is 18.8 Å². The number of hydrogen-bond donors (Lipinski definition) is 0. The van der Waals surface area contributed by atoms with Crippen LogP contribution in [0, 0.1) is 5.82 Å². The summed E-state index contributed by atoms with van der Waals surface area (Å²) >= 11 is 0. The summed E-state index contributed by atoms with van der Waals surface area (Å²) in [6.07, 6.45) is 3.25. The van der Waals surface area contributed by atoms with Gasteiger partial charge in [-0.25, -0.2) is 9.29 Å². The lowest BCUT2D eigenvalue weighted by Gasteiger charge is -2.37. The summed E-state index contributed by atoms with van der Waals surface area (Å²) in [5.74, 6) is -1.08. The van der Waals surface area contributed by atoms with Crippen molar-refractivity contribution in [1.29, 1.82) is 0 Å². The van der Waals surface area contributed by atoms with Crippen LogP contribution in [0.2, 0.25) is 0 Å². The second kappa shape index (κ2) is 7.47. The van der Waals surface area contributed by atoms with Crippen LogP contribution in [-0.2, 0) is 9.59 Å². The van der Waals surface area contributed by atoms with Crippen molar-refractivity contribution in [2.75, 3.05) is 31.1 Å². The molecule has 28 heavy (non-hydrogen) atoms. The Morgan fingerprint density at radius 2 is 1.61 bits per heavy atom. The number of anilines is 1. The van der Waals surface area contributed by atoms with Crippen molar-refractivity contribution < 1.29 is 18.8 Å². The summed E-state index contributed by atoms with van der Waals surface area (Å²) in [6.45, 7) is 1.99. The maximum absolute atomic E-state index is 13.1. The molecule has 1 aromatic heterocycles. The minimum atomic E-state index is -0.546. The van der Waals surface area contributed by atoms with Crippen LogP contribution < -0.4 is 4.90 Å². The van der Waals surface area contributed by atoms with E-state index in [1.807, 2.05) is 4.90 Å². The quantitative estimate of drug-likeness (QED) is 0.749. The third kappa shape index (κ3) is 3.38. The number of imide groups is 1. The average molecular weight is 382 g/mol. The lowest BCUT2D eigenvalue weighted by molar-refractivity contribution is -0.123. The Labute approximate surface area is 161 Å². The van der Waals surface area contributed by atoms with Gasteiger partial charge in [-0.1, -0.05) is 0 Å². The number of carbonyl (C=O) groups is 3. The molecule has 0 bridgehead atoms. The summed E-state index contributed by atoms with van der Waals surface area (Å²) in [5.41, 5.74) is 0.962. The van der Waals surface area contributed by atoms with Gasteiger partial charge in [0, 0.05) is 44.1 Å². The number of pyridine rings is 1. The van der Waals surface area contributed by atoms with Gasteiger partial charge in [0.15, 0.2) is 0 Å². The van der Waals surface area contributed by atoms with Crippen LogP contribution in [0.1, 0.15) is 16.8 Å². The molecule has 1 aromatic carbocycles. The summed E-state index contributed by atoms with van der Waals surface area (Å²) in [5, 5.41) is 0. The van der Waals surface area contributed by atoms with E-state index in [1.165, 1.54) is 24.3 Å². The number of aromatic nitrogens is 1. The van der Waals surface area contributed by atoms with E-state index >= 15 is 0 Å². The summed E-state index contributed by atoms with van der Waals surface area (Å²) in [7, 11) is 0. The molecule has 0 spiro atoms. The van der Waals surface area contributed by atoms with Crippen LogP contribution in [0.15, 0.2) is 48.8 Å². The number of benzene rings is 1. The molecule has 1 unspecified atom stereocenters. The number of amides is 3. The Morgan fingerprint density at radius 3 is 2.25 bits per heavy atom. The molecule has 144 valence electrons. The minimum absolute atomic E-state index is 0.0659. The van der Waals surface area contributed by atoms with Gasteiger partial charge in [-0.2, -0.15) is 0 Å². The van der Waals surface area contributed by atoms with Gasteiger partial charge in [-0.3, -0.25) is 24.3 Å². The molecule has 0 radical (unpaired) electrons. The first-order chi connectivity index (χ1) is 13.5. The summed E-state index contributed by atoms with van der Waals surface area (Å²) in [6, 6.07) is 8.12. The molecule has 2 aliphatic rings. The predicted octanol–water partition coefficient (Wildman–Crippen LogP) is 1.31. The lowest BCUT2D eigenvalue weighted by atomic mass is 10.1. The molecule has 3 heterocycles. The van der Waals surface area contributed by atoms with Crippen LogP contribution in [0.4, 0.5) is 10.1 Å². The maximum Gasteiger partial charge on any atom is 0.254 e. The van der Waals surface area contributed by atoms with Gasteiger partial charge in [0.1, 0.15) is 5.82 Å². The van der Waals surface area contributed by atoms with Gasteiger partial charge in [0.05, 0.1) is 18.2 Å². The zero-order valence-corrected chi connectivity index (χ0v) is 15.1. The number of rotatable bonds is 3. The van der Waals surface area contributed by atoms with Crippen molar-refractivity contribution >= 4 is 23.4 Å². The number of carbonyl (C=O) groups excluding carboxylic acids is 3. The van der Waals surface area contributed by atoms with Crippen molar-refractivity contribution in [1.82, 2.24) is 14.8 Å². The minimum Gasteiger partial charge on any atom is -0.336 e. The molecular weight excluding hydrogens is 363 g/mol. The van der Waals surface area contributed by atoms with E-state index in [1.54, 1.807) is 29.4 Å². The van der Waals surface area contributed by atoms with Crippen molar-refractivity contribution in [2.24, 2.45) is 0 Å². The van der Waals surface area contributed by atoms with Crippen molar-refractivity contribution in [2.45, 2.75) is 12.5 Å². The maximum atomic E-state index is 13.1. The molecule has 0 saturated carbocycles. The van der Waals surface area contributed by atoms with Crippen LogP contribution >= 0.6 is 0 Å². The highest BCUT2D eigenvalue weighted by molar-refractivity contribution is 6.22. The standard InChI is InChI=1S/C20H19FN4O3/c21-15-1-3-16(4-2-15)25-18(26)13-17(20(25)28)23-9-11-24(12-10-23)19(27)14-5-7-22-8-6-14/h1-8,17H,9-13H2. The molecule has 8 heteroatoms. The van der Waals surface area contributed by atoms with Gasteiger partial charge in [0.2, 0.25) is 5.91 Å². The first kappa shape index (κ1) is 18.2. The van der Waals surface area contributed by atoms with Crippen molar-refractivity contribution in [3.8, 4) is 0 Å². The highest BCUT2D eigenvalue weighted by Gasteiger charge is 2.43. The summed E-state index contributed by atoms with van der Waals surface area (Å²) in [4.78, 5) is 46.5. The van der Waals surface area contributed by atoms with Gasteiger partial charge in [0.25, 0.3) is 11.8 Å². The Bertz CT molecular complexity index is 895. The number of nitrogens with zero attached hydrogens (tertiary/aromatic N) is 4. The topological polar surface area (TPSA) is 73.8 Å². The van der Waals surface area contributed by atoms with E-state index in [4.69, 9.17) is 0 Å². The normalized spacial score (nSPS) is 20.7. The molecule has 2 aromatic rings. The third-order valence-electron chi connectivity index (χ3n) is 5.18. The monoisotopic (exact) mass is 382 g/mol. The Morgan fingerprint density at radius 1 is 0.964 bits per heavy atom. The number of hydrogen-bond acceptors (Lipinski definition) is 5. The Kier molecular flexibility index (Phi) is 4.87. The highest BCUT2D eigenvalue weighted by Crippen LogP contribution is 2.26. The van der Waals surface area contributed by atoms with Gasteiger partial charge < -0.3 is 4.90 Å². The van der Waals surface area contributed by atoms with E-state index in [-0.39, 0.29) is 24.1 Å². The van der Waals surface area contributed by atoms with Crippen LogP contribution in [0.3, 0.4) is 0 Å². The second-order valence-electron chi connectivity index (χ2n) is 6.83. The fourth-order valence-corrected chi connectivity index (χ4v) is 3.68. The summed E-state index contributed by atoms with van der Waals surface area (Å²) < 4.78 is 13.1. The molecule has 4 rings (SSSR count). The van der Waals surface area contributed by atoms with Crippen molar-refractivity contribution in [3.63, 3.8) is 0 Å². The van der Waals surface area contributed by atoms with Crippen LogP contribution in [0.25, 0.3) is 0 Å². The molecule has 0 aliphatic carbocycles. The SMILES string of the molecule is O=C(c1ccncc1)N1CCN(C2CC(=O)N(c3ccc(F)cc3)C2=O)CC1. The molecule has 2 fully saturated rings. The predicted molar refractivity (Wildman–Crippen MR) is 99.0 cm³/mol. The highest BCUT2D eigenvalue weighted by atomic mass is 19.1. The molecule has 0 N–H and O–H groups in total. The van der Waals surface area contributed by atoms with Gasteiger partial charge in [-0.15, -0.1) is 0 Å². The zero-order chi connectivity index (χ0) is 19.7. The largest absolute Gasteiger partial charge is 0.336 e. The van der Waals surface area contributed by atoms with E-state index in [2.05, 4.69) is 4.98 Å². The Balaban J connectivity index is 1.41. The van der Waals surface area contributed by atoms with Crippen LogP contribution in [-0.4, -0.2) is 64.7 Å². The van der Waals surface area contributed by atoms with Gasteiger partial charge >= 0.3 is 0 Å². The third-order valence-corrected chi connectivity index (χ3v) is 5.18. The van der Waals surface area contributed by atoms with Crippen molar-refractivity contribution in [3.05, 3.63) is 60.2 Å². The first-order valence-electron chi connectivity index (χ1n) is 9.10. The second-order valence-corrected chi connectivity index (χ2v) is 6.83. The smallest absolute Gasteiger partial charge is 0.254 e. The van der Waals surface area contributed by atoms with E-state index < -0.39 is 11.9 Å². The molecule has 2 aliphatic heterocycles. The van der Waals surface area contributed by atoms with E-state index in [0.29, 0.717) is 37.4 Å². The molecular formula is C20H19FN4O3. The van der Waals surface area contributed by atoms with Crippen LogP contribution in [0.5, 0.6) is 0 Å². The lowest BCUT2D eigenvalue weighted by Crippen LogP contribution is -2.53. The Hall–Kier alpha value is -3.13. The van der Waals surface area contributed by atoms with E-state index in [0.717, 1.165) is 4.90 Å². The average Bonchev–Trinajstić information content (AvgIpc) is 3.03. The fourth-order valence-electron chi connectivity index (χ4n) is 3.68. The molecule has 1 atom stereocenters. The van der Waals surface area contributed by atoms with Gasteiger partial charge in [-0.05, 0) is 36.4 Å². The number of piperazine rings is 1. The molecule has 2 saturated heterocycles. The molecule has 7 nitrogen and oxygen atoms in total. The first-order valence-corrected chi connectivity index (χ1v) is 9.10. The number of halogens is 1. The zero-order valence-electron chi connectivity index (χ0n) is 15.1. The fraction of sp³-hybridized carbons (Fsp3) is 0.300.